The van der Waals surface area contributed by atoms with E-state index in [0.717, 1.165) is 31.8 Å². The number of sulfonamides is 1. The number of piperidine rings is 2. The molecule has 0 aromatic heterocycles. The minimum absolute atomic E-state index is 0.0822. The number of rotatable bonds is 8. The molecule has 0 radical (unpaired) electrons. The van der Waals surface area contributed by atoms with Crippen molar-refractivity contribution in [3.05, 3.63) is 29.8 Å². The van der Waals surface area contributed by atoms with Crippen molar-refractivity contribution in [3.8, 4) is 0 Å². The molecule has 0 spiro atoms. The Labute approximate surface area is 206 Å². The summed E-state index contributed by atoms with van der Waals surface area (Å²) < 4.78 is 27.4. The van der Waals surface area contributed by atoms with Gasteiger partial charge in [0.25, 0.3) is 0 Å². The van der Waals surface area contributed by atoms with Crippen LogP contribution in [0.2, 0.25) is 0 Å². The van der Waals surface area contributed by atoms with Crippen LogP contribution in [0, 0.1) is 11.8 Å². The third-order valence-corrected chi connectivity index (χ3v) is 10.1. The van der Waals surface area contributed by atoms with Crippen LogP contribution in [0.3, 0.4) is 0 Å². The third-order valence-electron chi connectivity index (χ3n) is 8.18. The van der Waals surface area contributed by atoms with E-state index in [1.54, 1.807) is 28.6 Å². The van der Waals surface area contributed by atoms with E-state index < -0.39 is 10.0 Å². The molecule has 0 atom stereocenters. The van der Waals surface area contributed by atoms with Crippen molar-refractivity contribution in [2.75, 3.05) is 52.4 Å². The van der Waals surface area contributed by atoms with Crippen molar-refractivity contribution in [2.24, 2.45) is 11.8 Å². The van der Waals surface area contributed by atoms with E-state index in [2.05, 4.69) is 16.7 Å². The molecule has 7 heteroatoms. The van der Waals surface area contributed by atoms with Crippen molar-refractivity contribution in [1.82, 2.24) is 14.1 Å². The first kappa shape index (κ1) is 25.8. The maximum Gasteiger partial charge on any atom is 0.243 e. The second kappa shape index (κ2) is 12.1. The SMILES string of the molecule is CC1CCN(S(=O)(=O)c2ccc(C(=O)CN3CCC(CCN4CCCCCC4)CC3)cc2)CC1. The van der Waals surface area contributed by atoms with E-state index in [0.29, 0.717) is 36.0 Å². The standard InChI is InChI=1S/C27H43N3O3S/c1-23-10-20-30(21-11-23)34(32,33)26-8-6-25(7-9-26)27(31)22-29-18-13-24(14-19-29)12-17-28-15-4-2-3-5-16-28/h6-9,23-24H,2-5,10-22H2,1H3. The first-order valence-corrected chi connectivity index (χ1v) is 14.9. The average Bonchev–Trinajstić information content (AvgIpc) is 3.13. The van der Waals surface area contributed by atoms with Gasteiger partial charge in [0.1, 0.15) is 0 Å². The summed E-state index contributed by atoms with van der Waals surface area (Å²) in [5.41, 5.74) is 0.606. The predicted molar refractivity (Wildman–Crippen MR) is 137 cm³/mol. The Hall–Kier alpha value is -1.28. The number of carbonyl (C=O) groups excluding carboxylic acids is 1. The van der Waals surface area contributed by atoms with Crippen molar-refractivity contribution < 1.29 is 13.2 Å². The Morgan fingerprint density at radius 1 is 0.824 bits per heavy atom. The molecule has 6 nitrogen and oxygen atoms in total. The lowest BCUT2D eigenvalue weighted by Crippen LogP contribution is -2.38. The van der Waals surface area contributed by atoms with Crippen LogP contribution < -0.4 is 0 Å². The maximum atomic E-state index is 12.9. The maximum absolute atomic E-state index is 12.9. The molecule has 34 heavy (non-hydrogen) atoms. The van der Waals surface area contributed by atoms with Crippen molar-refractivity contribution >= 4 is 15.8 Å². The summed E-state index contributed by atoms with van der Waals surface area (Å²) in [5, 5.41) is 0. The van der Waals surface area contributed by atoms with Gasteiger partial charge in [0, 0.05) is 18.7 Å². The summed E-state index contributed by atoms with van der Waals surface area (Å²) in [6.07, 6.45) is 10.9. The van der Waals surface area contributed by atoms with E-state index in [1.807, 2.05) is 0 Å². The van der Waals surface area contributed by atoms with Gasteiger partial charge in [-0.25, -0.2) is 8.42 Å². The Bertz CT molecular complexity index is 878. The molecule has 0 aliphatic carbocycles. The number of hydrogen-bond acceptors (Lipinski definition) is 5. The first-order valence-electron chi connectivity index (χ1n) is 13.5. The lowest BCUT2D eigenvalue weighted by atomic mass is 9.93. The molecular weight excluding hydrogens is 446 g/mol. The highest BCUT2D eigenvalue weighted by atomic mass is 32.2. The van der Waals surface area contributed by atoms with E-state index in [-0.39, 0.29) is 5.78 Å². The molecule has 3 heterocycles. The average molecular weight is 490 g/mol. The number of likely N-dealkylation sites (tertiary alicyclic amines) is 2. The Morgan fingerprint density at radius 2 is 1.44 bits per heavy atom. The van der Waals surface area contributed by atoms with Gasteiger partial charge in [0.2, 0.25) is 10.0 Å². The second-order valence-corrected chi connectivity index (χ2v) is 12.7. The van der Waals surface area contributed by atoms with Crippen LogP contribution >= 0.6 is 0 Å². The largest absolute Gasteiger partial charge is 0.303 e. The van der Waals surface area contributed by atoms with E-state index >= 15 is 0 Å². The van der Waals surface area contributed by atoms with Crippen LogP contribution in [0.4, 0.5) is 0 Å². The van der Waals surface area contributed by atoms with Crippen LogP contribution in [0.5, 0.6) is 0 Å². The van der Waals surface area contributed by atoms with E-state index in [1.165, 1.54) is 64.6 Å². The molecule has 0 amide bonds. The Kier molecular flexibility index (Phi) is 9.19. The summed E-state index contributed by atoms with van der Waals surface area (Å²) in [4.78, 5) is 18.1. The van der Waals surface area contributed by atoms with Gasteiger partial charge in [-0.15, -0.1) is 0 Å². The molecule has 0 unspecified atom stereocenters. The highest BCUT2D eigenvalue weighted by Gasteiger charge is 2.28. The zero-order chi connectivity index (χ0) is 24.0. The summed E-state index contributed by atoms with van der Waals surface area (Å²) in [6.45, 7) is 9.49. The zero-order valence-electron chi connectivity index (χ0n) is 21.0. The molecule has 1 aromatic carbocycles. The van der Waals surface area contributed by atoms with Crippen molar-refractivity contribution in [1.29, 1.82) is 0 Å². The van der Waals surface area contributed by atoms with Gasteiger partial charge in [-0.3, -0.25) is 9.69 Å². The molecule has 3 saturated heterocycles. The number of carbonyl (C=O) groups is 1. The molecule has 3 aliphatic heterocycles. The molecule has 0 N–H and O–H groups in total. The van der Waals surface area contributed by atoms with Gasteiger partial charge in [-0.2, -0.15) is 4.31 Å². The summed E-state index contributed by atoms with van der Waals surface area (Å²) >= 11 is 0. The smallest absolute Gasteiger partial charge is 0.243 e. The summed E-state index contributed by atoms with van der Waals surface area (Å²) in [6, 6.07) is 6.59. The number of Topliss-reactive ketones (excluding diaryl/α,β-unsaturated/α-hetero) is 1. The number of benzene rings is 1. The van der Waals surface area contributed by atoms with Crippen molar-refractivity contribution in [3.63, 3.8) is 0 Å². The zero-order valence-corrected chi connectivity index (χ0v) is 21.8. The number of nitrogens with zero attached hydrogens (tertiary/aromatic N) is 3. The van der Waals surface area contributed by atoms with Crippen LogP contribution in [0.1, 0.15) is 75.1 Å². The van der Waals surface area contributed by atoms with Gasteiger partial charge in [-0.1, -0.05) is 31.9 Å². The Morgan fingerprint density at radius 3 is 2.06 bits per heavy atom. The quantitative estimate of drug-likeness (QED) is 0.511. The van der Waals surface area contributed by atoms with Crippen LogP contribution in [0.25, 0.3) is 0 Å². The number of ketones is 1. The van der Waals surface area contributed by atoms with Gasteiger partial charge in [0.15, 0.2) is 5.78 Å². The van der Waals surface area contributed by atoms with Crippen LogP contribution in [-0.2, 0) is 10.0 Å². The molecule has 190 valence electrons. The van der Waals surface area contributed by atoms with Gasteiger partial charge in [0.05, 0.1) is 11.4 Å². The summed E-state index contributed by atoms with van der Waals surface area (Å²) in [7, 11) is -3.47. The fourth-order valence-electron chi connectivity index (χ4n) is 5.64. The fourth-order valence-corrected chi connectivity index (χ4v) is 7.11. The fraction of sp³-hybridized carbons (Fsp3) is 0.741. The predicted octanol–water partition coefficient (Wildman–Crippen LogP) is 4.27. The number of hydrogen-bond donors (Lipinski definition) is 0. The van der Waals surface area contributed by atoms with Crippen LogP contribution in [-0.4, -0.2) is 80.7 Å². The molecule has 0 saturated carbocycles. The minimum atomic E-state index is -3.47. The van der Waals surface area contributed by atoms with E-state index in [9.17, 15) is 13.2 Å². The molecule has 1 aromatic rings. The molecule has 3 fully saturated rings. The third kappa shape index (κ3) is 6.90. The lowest BCUT2D eigenvalue weighted by molar-refractivity contribution is 0.0888. The molecule has 4 rings (SSSR count). The minimum Gasteiger partial charge on any atom is -0.303 e. The molecule has 0 bridgehead atoms. The topological polar surface area (TPSA) is 60.9 Å². The van der Waals surface area contributed by atoms with Crippen molar-refractivity contribution in [2.45, 2.75) is 69.6 Å². The Balaban J connectivity index is 1.22. The molecule has 3 aliphatic rings. The van der Waals surface area contributed by atoms with Gasteiger partial charge >= 0.3 is 0 Å². The van der Waals surface area contributed by atoms with Crippen LogP contribution in [0.15, 0.2) is 29.2 Å². The highest BCUT2D eigenvalue weighted by Crippen LogP contribution is 2.25. The molecular formula is C27H43N3O3S. The normalized spacial score (nSPS) is 23.1. The van der Waals surface area contributed by atoms with E-state index in [4.69, 9.17) is 0 Å². The lowest BCUT2D eigenvalue weighted by Gasteiger charge is -2.32. The highest BCUT2D eigenvalue weighted by molar-refractivity contribution is 7.89. The summed E-state index contributed by atoms with van der Waals surface area (Å²) in [5.74, 6) is 1.44. The monoisotopic (exact) mass is 489 g/mol. The second-order valence-electron chi connectivity index (χ2n) is 10.8. The van der Waals surface area contributed by atoms with Gasteiger partial charge in [-0.05, 0) is 102 Å². The first-order chi connectivity index (χ1) is 16.4. The van der Waals surface area contributed by atoms with Gasteiger partial charge < -0.3 is 4.90 Å².